The van der Waals surface area contributed by atoms with Crippen LogP contribution in [0.5, 0.6) is 5.75 Å². The van der Waals surface area contributed by atoms with Gasteiger partial charge in [-0.3, -0.25) is 4.79 Å². The van der Waals surface area contributed by atoms with Gasteiger partial charge in [-0.2, -0.15) is 0 Å². The van der Waals surface area contributed by atoms with Crippen LogP contribution < -0.4 is 10.1 Å². The molecule has 0 fully saturated rings. The zero-order valence-electron chi connectivity index (χ0n) is 11.4. The second kappa shape index (κ2) is 7.40. The Morgan fingerprint density at radius 1 is 1.10 bits per heavy atom. The Hall–Kier alpha value is -2.40. The molecule has 2 rings (SSSR count). The van der Waals surface area contributed by atoms with Gasteiger partial charge in [0.25, 0.3) is 5.91 Å². The summed E-state index contributed by atoms with van der Waals surface area (Å²) in [6.07, 6.45) is 0. The van der Waals surface area contributed by atoms with Gasteiger partial charge in [0.15, 0.2) is 18.2 Å². The number of para-hydroxylation sites is 1. The maximum atomic E-state index is 13.3. The lowest BCUT2D eigenvalue weighted by Crippen LogP contribution is -2.28. The van der Waals surface area contributed by atoms with Crippen molar-refractivity contribution in [2.24, 2.45) is 0 Å². The quantitative estimate of drug-likeness (QED) is 0.855. The van der Waals surface area contributed by atoms with E-state index in [4.69, 9.17) is 9.84 Å². The highest BCUT2D eigenvalue weighted by atomic mass is 19.1. The van der Waals surface area contributed by atoms with E-state index in [-0.39, 0.29) is 24.9 Å². The van der Waals surface area contributed by atoms with Gasteiger partial charge in [0, 0.05) is 6.54 Å². The smallest absolute Gasteiger partial charge is 0.258 e. The number of aliphatic hydroxyl groups excluding tert-OH is 1. The normalized spacial score (nSPS) is 10.2. The molecule has 0 spiro atoms. The van der Waals surface area contributed by atoms with Gasteiger partial charge >= 0.3 is 0 Å². The molecule has 2 aromatic carbocycles. The van der Waals surface area contributed by atoms with Crippen molar-refractivity contribution in [2.75, 3.05) is 6.61 Å². The number of hydrogen-bond acceptors (Lipinski definition) is 3. The Kier molecular flexibility index (Phi) is 5.29. The lowest BCUT2D eigenvalue weighted by Gasteiger charge is -2.08. The van der Waals surface area contributed by atoms with Gasteiger partial charge < -0.3 is 15.2 Å². The standard InChI is InChI=1S/C16H16FNO3/c17-14-3-1-2-4-15(14)21-11-16(20)18-9-12-5-7-13(10-19)8-6-12/h1-8,19H,9-11H2,(H,18,20). The first-order chi connectivity index (χ1) is 10.2. The van der Waals surface area contributed by atoms with Gasteiger partial charge in [0.05, 0.1) is 6.61 Å². The number of rotatable bonds is 6. The number of halogens is 1. The van der Waals surface area contributed by atoms with E-state index in [0.717, 1.165) is 11.1 Å². The molecule has 0 saturated carbocycles. The number of amides is 1. The van der Waals surface area contributed by atoms with Crippen LogP contribution >= 0.6 is 0 Å². The summed E-state index contributed by atoms with van der Waals surface area (Å²) in [7, 11) is 0. The summed E-state index contributed by atoms with van der Waals surface area (Å²) in [4.78, 5) is 11.6. The van der Waals surface area contributed by atoms with Crippen LogP contribution in [0.25, 0.3) is 0 Å². The first-order valence-corrected chi connectivity index (χ1v) is 6.52. The molecule has 2 aromatic rings. The van der Waals surface area contributed by atoms with E-state index in [1.54, 1.807) is 24.3 Å². The molecule has 4 nitrogen and oxygen atoms in total. The molecular weight excluding hydrogens is 273 g/mol. The van der Waals surface area contributed by atoms with Gasteiger partial charge in [0.2, 0.25) is 0 Å². The third kappa shape index (κ3) is 4.57. The fourth-order valence-corrected chi connectivity index (χ4v) is 1.72. The Bertz CT molecular complexity index is 599. The molecular formula is C16H16FNO3. The van der Waals surface area contributed by atoms with Crippen molar-refractivity contribution >= 4 is 5.91 Å². The maximum absolute atomic E-state index is 13.3. The van der Waals surface area contributed by atoms with E-state index in [9.17, 15) is 9.18 Å². The number of benzene rings is 2. The number of aliphatic hydroxyl groups is 1. The van der Waals surface area contributed by atoms with E-state index in [0.29, 0.717) is 6.54 Å². The van der Waals surface area contributed by atoms with E-state index in [2.05, 4.69) is 5.32 Å². The van der Waals surface area contributed by atoms with Gasteiger partial charge in [-0.1, -0.05) is 36.4 Å². The number of carbonyl (C=O) groups excluding carboxylic acids is 1. The van der Waals surface area contributed by atoms with E-state index >= 15 is 0 Å². The van der Waals surface area contributed by atoms with Crippen LogP contribution in [0.1, 0.15) is 11.1 Å². The highest BCUT2D eigenvalue weighted by Gasteiger charge is 2.06. The van der Waals surface area contributed by atoms with Crippen molar-refractivity contribution in [3.8, 4) is 5.75 Å². The molecule has 0 aliphatic rings. The van der Waals surface area contributed by atoms with Crippen molar-refractivity contribution in [2.45, 2.75) is 13.2 Å². The topological polar surface area (TPSA) is 58.6 Å². The molecule has 5 heteroatoms. The molecule has 0 radical (unpaired) electrons. The third-order valence-electron chi connectivity index (χ3n) is 2.89. The summed E-state index contributed by atoms with van der Waals surface area (Å²) in [6.45, 7) is 0.101. The highest BCUT2D eigenvalue weighted by molar-refractivity contribution is 5.77. The molecule has 1 amide bonds. The minimum atomic E-state index is -0.495. The molecule has 0 aromatic heterocycles. The summed E-state index contributed by atoms with van der Waals surface area (Å²) >= 11 is 0. The third-order valence-corrected chi connectivity index (χ3v) is 2.89. The minimum absolute atomic E-state index is 0.0108. The van der Waals surface area contributed by atoms with Gasteiger partial charge in [-0.05, 0) is 23.3 Å². The van der Waals surface area contributed by atoms with Crippen molar-refractivity contribution in [3.05, 3.63) is 65.5 Å². The first-order valence-electron chi connectivity index (χ1n) is 6.52. The summed E-state index contributed by atoms with van der Waals surface area (Å²) in [5.74, 6) is -0.769. The van der Waals surface area contributed by atoms with Crippen molar-refractivity contribution in [3.63, 3.8) is 0 Å². The lowest BCUT2D eigenvalue weighted by molar-refractivity contribution is -0.123. The molecule has 2 N–H and O–H groups in total. The van der Waals surface area contributed by atoms with Crippen molar-refractivity contribution in [1.82, 2.24) is 5.32 Å². The Labute approximate surface area is 122 Å². The minimum Gasteiger partial charge on any atom is -0.481 e. The number of hydrogen-bond donors (Lipinski definition) is 2. The highest BCUT2D eigenvalue weighted by Crippen LogP contribution is 2.14. The monoisotopic (exact) mass is 289 g/mol. The van der Waals surface area contributed by atoms with Crippen LogP contribution in [0.2, 0.25) is 0 Å². The zero-order valence-corrected chi connectivity index (χ0v) is 11.4. The fraction of sp³-hybridized carbons (Fsp3) is 0.188. The first kappa shape index (κ1) is 15.0. The summed E-state index contributed by atoms with van der Waals surface area (Å²) < 4.78 is 18.4. The average Bonchev–Trinajstić information content (AvgIpc) is 2.52. The van der Waals surface area contributed by atoms with Crippen LogP contribution in [0.3, 0.4) is 0 Å². The van der Waals surface area contributed by atoms with E-state index < -0.39 is 5.82 Å². The molecule has 110 valence electrons. The molecule has 0 bridgehead atoms. The lowest BCUT2D eigenvalue weighted by atomic mass is 10.1. The molecule has 0 saturated heterocycles. The summed E-state index contributed by atoms with van der Waals surface area (Å²) in [5.41, 5.74) is 1.72. The predicted molar refractivity (Wildman–Crippen MR) is 76.1 cm³/mol. The second-order valence-electron chi connectivity index (χ2n) is 4.47. The Balaban J connectivity index is 1.78. The van der Waals surface area contributed by atoms with Crippen LogP contribution in [-0.2, 0) is 17.9 Å². The molecule has 0 heterocycles. The number of nitrogens with one attached hydrogen (secondary N) is 1. The number of carbonyl (C=O) groups is 1. The van der Waals surface area contributed by atoms with Crippen LogP contribution in [-0.4, -0.2) is 17.6 Å². The summed E-state index contributed by atoms with van der Waals surface area (Å²) in [6, 6.07) is 13.2. The van der Waals surface area contributed by atoms with Crippen molar-refractivity contribution in [1.29, 1.82) is 0 Å². The zero-order chi connectivity index (χ0) is 15.1. The molecule has 0 aliphatic carbocycles. The Morgan fingerprint density at radius 2 is 1.76 bits per heavy atom. The largest absolute Gasteiger partial charge is 0.481 e. The van der Waals surface area contributed by atoms with Crippen LogP contribution in [0.4, 0.5) is 4.39 Å². The second-order valence-corrected chi connectivity index (χ2v) is 4.47. The van der Waals surface area contributed by atoms with Crippen LogP contribution in [0.15, 0.2) is 48.5 Å². The number of ether oxygens (including phenoxy) is 1. The molecule has 0 atom stereocenters. The maximum Gasteiger partial charge on any atom is 0.258 e. The van der Waals surface area contributed by atoms with E-state index in [1.807, 2.05) is 12.1 Å². The van der Waals surface area contributed by atoms with Gasteiger partial charge in [0.1, 0.15) is 0 Å². The average molecular weight is 289 g/mol. The molecule has 21 heavy (non-hydrogen) atoms. The fourth-order valence-electron chi connectivity index (χ4n) is 1.72. The van der Waals surface area contributed by atoms with Gasteiger partial charge in [-0.15, -0.1) is 0 Å². The SMILES string of the molecule is O=C(COc1ccccc1F)NCc1ccc(CO)cc1. The van der Waals surface area contributed by atoms with Crippen molar-refractivity contribution < 1.29 is 19.0 Å². The molecule has 0 unspecified atom stereocenters. The molecule has 0 aliphatic heterocycles. The van der Waals surface area contributed by atoms with Gasteiger partial charge in [-0.25, -0.2) is 4.39 Å². The van der Waals surface area contributed by atoms with Crippen LogP contribution in [0, 0.1) is 5.82 Å². The predicted octanol–water partition coefficient (Wildman–Crippen LogP) is 2.01. The Morgan fingerprint density at radius 3 is 2.43 bits per heavy atom. The summed E-state index contributed by atoms with van der Waals surface area (Å²) in [5, 5.41) is 11.6. The van der Waals surface area contributed by atoms with E-state index in [1.165, 1.54) is 12.1 Å².